The Morgan fingerprint density at radius 2 is 2.00 bits per heavy atom. The van der Waals surface area contributed by atoms with E-state index >= 15 is 0 Å². The van der Waals surface area contributed by atoms with E-state index < -0.39 is 0 Å². The van der Waals surface area contributed by atoms with Gasteiger partial charge >= 0.3 is 0 Å². The lowest BCUT2D eigenvalue weighted by Crippen LogP contribution is -1.94. The molecule has 0 aromatic rings. The van der Waals surface area contributed by atoms with Crippen LogP contribution in [0.2, 0.25) is 6.04 Å². The van der Waals surface area contributed by atoms with Gasteiger partial charge in [0.1, 0.15) is 0 Å². The minimum absolute atomic E-state index is 0.832. The van der Waals surface area contributed by atoms with Crippen LogP contribution < -0.4 is 5.73 Å². The molecule has 0 saturated carbocycles. The minimum Gasteiger partial charge on any atom is -0.331 e. The quantitative estimate of drug-likeness (QED) is 0.396. The summed E-state index contributed by atoms with van der Waals surface area (Å²) in [5.74, 6) is 0. The molecule has 0 saturated heterocycles. The average molecular weight is 74.2 g/mol. The van der Waals surface area contributed by atoms with Crippen LogP contribution in [0, 0.1) is 0 Å². The first kappa shape index (κ1) is 4.18. The molecule has 0 atom stereocenters. The average Bonchev–Trinajstić information content (AvgIpc) is 1.37. The summed E-state index contributed by atoms with van der Waals surface area (Å²) in [6.45, 7) is 0.832. The van der Waals surface area contributed by atoms with E-state index in [1.54, 1.807) is 0 Å². The van der Waals surface area contributed by atoms with Crippen molar-refractivity contribution in [2.24, 2.45) is 5.73 Å². The van der Waals surface area contributed by atoms with Crippen molar-refractivity contribution in [3.63, 3.8) is 0 Å². The smallest absolute Gasteiger partial charge is 0.00961 e. The fourth-order valence-corrected chi connectivity index (χ4v) is 0. The third-order valence-corrected chi connectivity index (χ3v) is 0.612. The van der Waals surface area contributed by atoms with Crippen molar-refractivity contribution in [2.45, 2.75) is 6.04 Å². The van der Waals surface area contributed by atoms with Gasteiger partial charge in [-0.1, -0.05) is 6.04 Å². The highest BCUT2D eigenvalue weighted by molar-refractivity contribution is 6.08. The third-order valence-electron chi connectivity index (χ3n) is 0.204. The van der Waals surface area contributed by atoms with E-state index in [-0.39, 0.29) is 0 Å². The first-order chi connectivity index (χ1) is 1.91. The summed E-state index contributed by atoms with van der Waals surface area (Å²) < 4.78 is 0. The SMILES string of the molecule is NCC[SiH2]. The molecule has 0 heterocycles. The monoisotopic (exact) mass is 74.0 g/mol. The molecule has 0 aliphatic carbocycles. The Labute approximate surface area is 29.6 Å². The van der Waals surface area contributed by atoms with Crippen molar-refractivity contribution < 1.29 is 0 Å². The second-order valence-corrected chi connectivity index (χ2v) is 1.35. The van der Waals surface area contributed by atoms with E-state index in [9.17, 15) is 0 Å². The Morgan fingerprint density at radius 1 is 1.75 bits per heavy atom. The summed E-state index contributed by atoms with van der Waals surface area (Å²) in [5, 5.41) is 0. The molecule has 0 aliphatic heterocycles. The molecule has 2 N–H and O–H groups in total. The Morgan fingerprint density at radius 3 is 2.00 bits per heavy atom. The first-order valence-electron chi connectivity index (χ1n) is 1.41. The van der Waals surface area contributed by atoms with Crippen LogP contribution in [-0.2, 0) is 0 Å². The van der Waals surface area contributed by atoms with Crippen molar-refractivity contribution in [3.8, 4) is 0 Å². The maximum Gasteiger partial charge on any atom is 0.00961 e. The number of nitrogens with two attached hydrogens (primary N) is 1. The highest BCUT2D eigenvalue weighted by Crippen LogP contribution is 1.51. The van der Waals surface area contributed by atoms with Gasteiger partial charge in [0.15, 0.2) is 0 Å². The molecule has 0 amide bonds. The van der Waals surface area contributed by atoms with Crippen molar-refractivity contribution in [3.05, 3.63) is 0 Å². The summed E-state index contributed by atoms with van der Waals surface area (Å²) in [4.78, 5) is 0. The van der Waals surface area contributed by atoms with E-state index in [0.29, 0.717) is 0 Å². The molecule has 0 unspecified atom stereocenters. The molecule has 0 rings (SSSR count). The lowest BCUT2D eigenvalue weighted by atomic mass is 10.8. The predicted octanol–water partition coefficient (Wildman–Crippen LogP) is -1.00. The van der Waals surface area contributed by atoms with E-state index in [4.69, 9.17) is 5.73 Å². The van der Waals surface area contributed by atoms with Gasteiger partial charge in [-0.15, -0.1) is 0 Å². The Bertz CT molecular complexity index is 8.00. The molecule has 2 heteroatoms. The molecule has 1 radical (unpaired) electrons. The summed E-state index contributed by atoms with van der Waals surface area (Å²) in [7, 11) is 1.90. The van der Waals surface area contributed by atoms with Crippen molar-refractivity contribution in [1.29, 1.82) is 0 Å². The standard InChI is InChI=1S/C2H8NSi/c3-1-2-4/h1-4H2. The van der Waals surface area contributed by atoms with Crippen LogP contribution in [0.25, 0.3) is 0 Å². The van der Waals surface area contributed by atoms with E-state index in [1.807, 2.05) is 10.2 Å². The van der Waals surface area contributed by atoms with Crippen LogP contribution in [0.5, 0.6) is 0 Å². The van der Waals surface area contributed by atoms with E-state index in [0.717, 1.165) is 12.6 Å². The highest BCUT2D eigenvalue weighted by Gasteiger charge is 1.56. The lowest BCUT2D eigenvalue weighted by Gasteiger charge is -1.69. The fraction of sp³-hybridized carbons (Fsp3) is 1.00. The first-order valence-corrected chi connectivity index (χ1v) is 2.41. The molecule has 0 spiro atoms. The van der Waals surface area contributed by atoms with Crippen LogP contribution in [0.3, 0.4) is 0 Å². The van der Waals surface area contributed by atoms with Crippen molar-refractivity contribution in [2.75, 3.05) is 6.54 Å². The molecular weight excluding hydrogens is 66.1 g/mol. The second kappa shape index (κ2) is 3.18. The predicted molar refractivity (Wildman–Crippen MR) is 22.4 cm³/mol. The highest BCUT2D eigenvalue weighted by atomic mass is 28.1. The Balaban J connectivity index is 1.97. The Kier molecular flexibility index (Phi) is 3.32. The van der Waals surface area contributed by atoms with Gasteiger partial charge in [0, 0.05) is 10.2 Å². The molecule has 0 aromatic heterocycles. The summed E-state index contributed by atoms with van der Waals surface area (Å²) >= 11 is 0. The number of hydrogen-bond acceptors (Lipinski definition) is 1. The molecular formula is C2H8NSi. The summed E-state index contributed by atoms with van der Waals surface area (Å²) in [5.41, 5.74) is 5.03. The molecule has 0 aliphatic rings. The second-order valence-electron chi connectivity index (χ2n) is 0.642. The van der Waals surface area contributed by atoms with Gasteiger partial charge in [-0.25, -0.2) is 0 Å². The van der Waals surface area contributed by atoms with Crippen LogP contribution in [0.1, 0.15) is 0 Å². The zero-order valence-electron chi connectivity index (χ0n) is 2.70. The van der Waals surface area contributed by atoms with E-state index in [2.05, 4.69) is 0 Å². The van der Waals surface area contributed by atoms with Crippen LogP contribution in [-0.4, -0.2) is 16.8 Å². The minimum atomic E-state index is 0.832. The van der Waals surface area contributed by atoms with Gasteiger partial charge < -0.3 is 5.73 Å². The van der Waals surface area contributed by atoms with Crippen molar-refractivity contribution in [1.82, 2.24) is 0 Å². The van der Waals surface area contributed by atoms with Crippen molar-refractivity contribution >= 4 is 10.2 Å². The molecule has 0 bridgehead atoms. The zero-order valence-corrected chi connectivity index (χ0v) is 4.11. The maximum absolute atomic E-state index is 5.03. The van der Waals surface area contributed by atoms with Gasteiger partial charge in [-0.2, -0.15) is 0 Å². The topological polar surface area (TPSA) is 26.0 Å². The van der Waals surface area contributed by atoms with Crippen LogP contribution >= 0.6 is 0 Å². The van der Waals surface area contributed by atoms with E-state index in [1.165, 1.54) is 0 Å². The molecule has 0 aromatic carbocycles. The number of hydrogen-bond donors (Lipinski definition) is 1. The Hall–Kier alpha value is 0.177. The zero-order chi connectivity index (χ0) is 3.41. The van der Waals surface area contributed by atoms with Crippen LogP contribution in [0.4, 0.5) is 0 Å². The van der Waals surface area contributed by atoms with Gasteiger partial charge in [0.05, 0.1) is 0 Å². The molecule has 1 nitrogen and oxygen atoms in total. The van der Waals surface area contributed by atoms with Crippen LogP contribution in [0.15, 0.2) is 0 Å². The van der Waals surface area contributed by atoms with Gasteiger partial charge in [-0.3, -0.25) is 0 Å². The van der Waals surface area contributed by atoms with Gasteiger partial charge in [-0.05, 0) is 6.54 Å². The van der Waals surface area contributed by atoms with Gasteiger partial charge in [0.25, 0.3) is 0 Å². The largest absolute Gasteiger partial charge is 0.331 e. The fourth-order valence-electron chi connectivity index (χ4n) is 0. The number of rotatable bonds is 1. The maximum atomic E-state index is 5.03. The lowest BCUT2D eigenvalue weighted by molar-refractivity contribution is 1.13. The molecule has 0 fully saturated rings. The molecule has 25 valence electrons. The normalized spacial score (nSPS) is 7.50. The molecule has 4 heavy (non-hydrogen) atoms. The third kappa shape index (κ3) is 2.18. The summed E-state index contributed by atoms with van der Waals surface area (Å²) in [6, 6.07) is 1.12. The summed E-state index contributed by atoms with van der Waals surface area (Å²) in [6.07, 6.45) is 0. The van der Waals surface area contributed by atoms with Gasteiger partial charge in [0.2, 0.25) is 0 Å².